The molecule has 2 rings (SSSR count). The van der Waals surface area contributed by atoms with Gasteiger partial charge in [-0.05, 0) is 38.0 Å². The summed E-state index contributed by atoms with van der Waals surface area (Å²) in [5.41, 5.74) is 3.14. The SMILES string of the molecule is Cc1ccc(C(=O)C(C)N2CCS(=O)CC2)cc1C. The van der Waals surface area contributed by atoms with Crippen LogP contribution >= 0.6 is 0 Å². The minimum absolute atomic E-state index is 0.126. The first-order valence-electron chi connectivity index (χ1n) is 6.69. The van der Waals surface area contributed by atoms with Crippen molar-refractivity contribution in [2.24, 2.45) is 0 Å². The largest absolute Gasteiger partial charge is 0.292 e. The number of rotatable bonds is 3. The first kappa shape index (κ1) is 14.4. The van der Waals surface area contributed by atoms with Crippen LogP contribution in [-0.4, -0.2) is 45.5 Å². The Morgan fingerprint density at radius 3 is 2.42 bits per heavy atom. The number of Topliss-reactive ketones (excluding diaryl/α,β-unsaturated/α-hetero) is 1. The van der Waals surface area contributed by atoms with Gasteiger partial charge in [0.25, 0.3) is 0 Å². The quantitative estimate of drug-likeness (QED) is 0.794. The molecule has 1 fully saturated rings. The minimum atomic E-state index is -0.695. The fourth-order valence-corrected chi connectivity index (χ4v) is 3.42. The molecule has 1 unspecified atom stereocenters. The average Bonchev–Trinajstić information content (AvgIpc) is 2.41. The van der Waals surface area contributed by atoms with Crippen LogP contribution in [0.2, 0.25) is 0 Å². The summed E-state index contributed by atoms with van der Waals surface area (Å²) in [6, 6.07) is 5.75. The maximum Gasteiger partial charge on any atom is 0.179 e. The van der Waals surface area contributed by atoms with Crippen molar-refractivity contribution in [2.45, 2.75) is 26.8 Å². The molecule has 1 heterocycles. The Labute approximate surface area is 117 Å². The normalized spacial score (nSPS) is 19.3. The van der Waals surface area contributed by atoms with Gasteiger partial charge in [0.05, 0.1) is 6.04 Å². The summed E-state index contributed by atoms with van der Waals surface area (Å²) in [6.45, 7) is 7.54. The second-order valence-corrected chi connectivity index (χ2v) is 6.92. The van der Waals surface area contributed by atoms with E-state index < -0.39 is 10.8 Å². The van der Waals surface area contributed by atoms with Crippen LogP contribution in [0, 0.1) is 13.8 Å². The van der Waals surface area contributed by atoms with E-state index in [1.807, 2.05) is 39.0 Å². The summed E-state index contributed by atoms with van der Waals surface area (Å²) in [5.74, 6) is 1.53. The molecule has 4 heteroatoms. The van der Waals surface area contributed by atoms with E-state index in [0.717, 1.165) is 24.2 Å². The van der Waals surface area contributed by atoms with Crippen molar-refractivity contribution >= 4 is 16.6 Å². The van der Waals surface area contributed by atoms with E-state index in [0.29, 0.717) is 11.5 Å². The summed E-state index contributed by atoms with van der Waals surface area (Å²) < 4.78 is 11.4. The van der Waals surface area contributed by atoms with Crippen LogP contribution in [0.15, 0.2) is 18.2 Å². The van der Waals surface area contributed by atoms with Gasteiger partial charge in [-0.3, -0.25) is 13.9 Å². The van der Waals surface area contributed by atoms with Crippen molar-refractivity contribution in [3.63, 3.8) is 0 Å². The molecule has 0 saturated carbocycles. The Morgan fingerprint density at radius 1 is 1.21 bits per heavy atom. The molecule has 1 aliphatic heterocycles. The van der Waals surface area contributed by atoms with E-state index in [1.54, 1.807) is 0 Å². The van der Waals surface area contributed by atoms with Gasteiger partial charge >= 0.3 is 0 Å². The summed E-state index contributed by atoms with van der Waals surface area (Å²) in [4.78, 5) is 14.6. The lowest BCUT2D eigenvalue weighted by atomic mass is 9.99. The second-order valence-electron chi connectivity index (χ2n) is 5.22. The Kier molecular flexibility index (Phi) is 4.53. The van der Waals surface area contributed by atoms with E-state index >= 15 is 0 Å². The zero-order valence-corrected chi connectivity index (χ0v) is 12.6. The molecule has 1 aromatic carbocycles. The molecule has 0 spiro atoms. The maximum atomic E-state index is 12.5. The molecule has 0 N–H and O–H groups in total. The third-order valence-corrected chi connectivity index (χ3v) is 5.21. The minimum Gasteiger partial charge on any atom is -0.292 e. The molecule has 1 aromatic rings. The molecule has 1 saturated heterocycles. The Morgan fingerprint density at radius 2 is 1.84 bits per heavy atom. The summed E-state index contributed by atoms with van der Waals surface area (Å²) >= 11 is 0. The van der Waals surface area contributed by atoms with Crippen LogP contribution in [-0.2, 0) is 10.8 Å². The number of carbonyl (C=O) groups excluding carboxylic acids is 1. The zero-order chi connectivity index (χ0) is 14.0. The lowest BCUT2D eigenvalue weighted by Gasteiger charge is -2.31. The number of hydrogen-bond acceptors (Lipinski definition) is 3. The van der Waals surface area contributed by atoms with Crippen LogP contribution in [0.5, 0.6) is 0 Å². The molecule has 0 aromatic heterocycles. The highest BCUT2D eigenvalue weighted by molar-refractivity contribution is 7.85. The number of carbonyl (C=O) groups is 1. The highest BCUT2D eigenvalue weighted by atomic mass is 32.2. The number of benzene rings is 1. The number of hydrogen-bond donors (Lipinski definition) is 0. The summed E-state index contributed by atoms with van der Waals surface area (Å²) in [5, 5.41) is 0. The lowest BCUT2D eigenvalue weighted by Crippen LogP contribution is -2.46. The summed E-state index contributed by atoms with van der Waals surface area (Å²) in [6.07, 6.45) is 0. The van der Waals surface area contributed by atoms with Crippen LogP contribution in [0.25, 0.3) is 0 Å². The highest BCUT2D eigenvalue weighted by Gasteiger charge is 2.25. The lowest BCUT2D eigenvalue weighted by molar-refractivity contribution is 0.0850. The molecule has 0 radical (unpaired) electrons. The van der Waals surface area contributed by atoms with Gasteiger partial charge in [0, 0.05) is 41.0 Å². The topological polar surface area (TPSA) is 37.4 Å². The van der Waals surface area contributed by atoms with E-state index in [-0.39, 0.29) is 11.8 Å². The molecule has 1 atom stereocenters. The van der Waals surface area contributed by atoms with Gasteiger partial charge in [-0.1, -0.05) is 12.1 Å². The molecule has 1 aliphatic rings. The summed E-state index contributed by atoms with van der Waals surface area (Å²) in [7, 11) is -0.695. The molecule has 0 bridgehead atoms. The van der Waals surface area contributed by atoms with Gasteiger partial charge in [0.1, 0.15) is 0 Å². The van der Waals surface area contributed by atoms with Crippen LogP contribution in [0.1, 0.15) is 28.4 Å². The number of nitrogens with zero attached hydrogens (tertiary/aromatic N) is 1. The van der Waals surface area contributed by atoms with Crippen LogP contribution < -0.4 is 0 Å². The smallest absolute Gasteiger partial charge is 0.179 e. The molecule has 0 amide bonds. The van der Waals surface area contributed by atoms with Crippen molar-refractivity contribution < 1.29 is 9.00 Å². The van der Waals surface area contributed by atoms with Crippen molar-refractivity contribution in [3.05, 3.63) is 34.9 Å². The fraction of sp³-hybridized carbons (Fsp3) is 0.533. The van der Waals surface area contributed by atoms with Gasteiger partial charge in [-0.15, -0.1) is 0 Å². The Hall–Kier alpha value is -1.00. The third kappa shape index (κ3) is 3.31. The first-order chi connectivity index (χ1) is 8.99. The standard InChI is InChI=1S/C15H21NO2S/c1-11-4-5-14(10-12(11)2)15(17)13(3)16-6-8-19(18)9-7-16/h4-5,10,13H,6-9H2,1-3H3. The van der Waals surface area contributed by atoms with Gasteiger partial charge < -0.3 is 0 Å². The first-order valence-corrected chi connectivity index (χ1v) is 8.18. The monoisotopic (exact) mass is 279 g/mol. The van der Waals surface area contributed by atoms with Crippen molar-refractivity contribution in [2.75, 3.05) is 24.6 Å². The van der Waals surface area contributed by atoms with Gasteiger partial charge in [-0.25, -0.2) is 0 Å². The fourth-order valence-electron chi connectivity index (χ4n) is 2.34. The van der Waals surface area contributed by atoms with E-state index in [1.165, 1.54) is 5.56 Å². The van der Waals surface area contributed by atoms with Crippen LogP contribution in [0.3, 0.4) is 0 Å². The average molecular weight is 279 g/mol. The molecular formula is C15H21NO2S. The second kappa shape index (κ2) is 5.97. The van der Waals surface area contributed by atoms with Crippen LogP contribution in [0.4, 0.5) is 0 Å². The predicted molar refractivity (Wildman–Crippen MR) is 79.2 cm³/mol. The molecule has 0 aliphatic carbocycles. The highest BCUT2D eigenvalue weighted by Crippen LogP contribution is 2.15. The van der Waals surface area contributed by atoms with Crippen molar-refractivity contribution in [1.29, 1.82) is 0 Å². The van der Waals surface area contributed by atoms with Gasteiger partial charge in [0.2, 0.25) is 0 Å². The molecule has 104 valence electrons. The maximum absolute atomic E-state index is 12.5. The van der Waals surface area contributed by atoms with E-state index in [2.05, 4.69) is 4.90 Å². The Bertz CT molecular complexity index is 503. The van der Waals surface area contributed by atoms with E-state index in [9.17, 15) is 9.00 Å². The predicted octanol–water partition coefficient (Wildman–Crippen LogP) is 1.94. The Balaban J connectivity index is 2.10. The number of ketones is 1. The molecule has 19 heavy (non-hydrogen) atoms. The molecular weight excluding hydrogens is 258 g/mol. The van der Waals surface area contributed by atoms with E-state index in [4.69, 9.17) is 0 Å². The van der Waals surface area contributed by atoms with Gasteiger partial charge in [0.15, 0.2) is 5.78 Å². The third-order valence-electron chi connectivity index (χ3n) is 3.93. The number of aryl methyl sites for hydroxylation is 2. The zero-order valence-electron chi connectivity index (χ0n) is 11.8. The van der Waals surface area contributed by atoms with Crippen molar-refractivity contribution in [1.82, 2.24) is 4.90 Å². The van der Waals surface area contributed by atoms with Crippen molar-refractivity contribution in [3.8, 4) is 0 Å². The van der Waals surface area contributed by atoms with Gasteiger partial charge in [-0.2, -0.15) is 0 Å². The molecule has 3 nitrogen and oxygen atoms in total.